The van der Waals surface area contributed by atoms with Crippen molar-refractivity contribution < 1.29 is 23.1 Å². The van der Waals surface area contributed by atoms with Crippen LogP contribution in [-0.4, -0.2) is 70.9 Å². The van der Waals surface area contributed by atoms with Crippen LogP contribution in [0, 0.1) is 0 Å². The number of carbonyl (C=O) groups is 2. The number of benzene rings is 1. The number of hydrogen-bond donors (Lipinski definition) is 3. The van der Waals surface area contributed by atoms with Crippen LogP contribution in [0.3, 0.4) is 0 Å². The Kier molecular flexibility index (Phi) is 5.35. The summed E-state index contributed by atoms with van der Waals surface area (Å²) in [4.78, 5) is 31.0. The smallest absolute Gasteiger partial charge is 0.407 e. The van der Waals surface area contributed by atoms with Gasteiger partial charge in [0.1, 0.15) is 0 Å². The fourth-order valence-corrected chi connectivity index (χ4v) is 4.27. The largest absolute Gasteiger partial charge is 0.465 e. The van der Waals surface area contributed by atoms with Gasteiger partial charge in [-0.25, -0.2) is 18.2 Å². The molecule has 1 aromatic heterocycles. The number of carbonyl (C=O) groups excluding carboxylic acids is 1. The molecule has 27 heavy (non-hydrogen) atoms. The molecule has 0 atom stereocenters. The van der Waals surface area contributed by atoms with E-state index in [4.69, 9.17) is 16.7 Å². The second kappa shape index (κ2) is 7.55. The highest BCUT2D eigenvalue weighted by Crippen LogP contribution is 2.24. The van der Waals surface area contributed by atoms with Crippen molar-refractivity contribution in [2.45, 2.75) is 4.90 Å². The number of rotatable bonds is 4. The van der Waals surface area contributed by atoms with Gasteiger partial charge in [0.05, 0.1) is 15.5 Å². The molecule has 2 heterocycles. The molecule has 144 valence electrons. The summed E-state index contributed by atoms with van der Waals surface area (Å²) in [6.45, 7) is 0.221. The van der Waals surface area contributed by atoms with Crippen LogP contribution in [0.15, 0.2) is 35.5 Å². The molecule has 2 aromatic rings. The van der Waals surface area contributed by atoms with Gasteiger partial charge in [-0.2, -0.15) is 4.31 Å². The number of anilines is 1. The fraction of sp³-hybridized carbons (Fsp3) is 0.267. The van der Waals surface area contributed by atoms with Crippen molar-refractivity contribution in [1.29, 1.82) is 0 Å². The summed E-state index contributed by atoms with van der Waals surface area (Å²) in [5.74, 6) is -0.406. The summed E-state index contributed by atoms with van der Waals surface area (Å²) in [7, 11) is -3.89. The molecule has 1 aromatic carbocycles. The minimum atomic E-state index is -3.89. The Labute approximate surface area is 159 Å². The van der Waals surface area contributed by atoms with Gasteiger partial charge in [0.2, 0.25) is 16.0 Å². The van der Waals surface area contributed by atoms with E-state index < -0.39 is 22.0 Å². The lowest BCUT2D eigenvalue weighted by atomic mass is 10.2. The first kappa shape index (κ1) is 19.1. The predicted octanol–water partition coefficient (Wildman–Crippen LogP) is 1.30. The summed E-state index contributed by atoms with van der Waals surface area (Å²) in [5, 5.41) is 11.5. The molecule has 10 nitrogen and oxygen atoms in total. The number of hydrogen-bond acceptors (Lipinski definition) is 5. The number of nitrogens with zero attached hydrogens (tertiary/aromatic N) is 3. The molecule has 2 amide bonds. The van der Waals surface area contributed by atoms with E-state index >= 15 is 0 Å². The first-order valence-electron chi connectivity index (χ1n) is 7.87. The third-order valence-corrected chi connectivity index (χ3v) is 6.28. The summed E-state index contributed by atoms with van der Waals surface area (Å²) in [5.41, 5.74) is -0.0155. The summed E-state index contributed by atoms with van der Waals surface area (Å²) >= 11 is 6.05. The monoisotopic (exact) mass is 413 g/mol. The number of amides is 2. The van der Waals surface area contributed by atoms with Crippen molar-refractivity contribution in [2.24, 2.45) is 0 Å². The lowest BCUT2D eigenvalue weighted by Crippen LogP contribution is -2.50. The van der Waals surface area contributed by atoms with Crippen molar-refractivity contribution in [3.63, 3.8) is 0 Å². The van der Waals surface area contributed by atoms with E-state index in [1.807, 2.05) is 0 Å². The Morgan fingerprint density at radius 2 is 1.93 bits per heavy atom. The first-order valence-corrected chi connectivity index (χ1v) is 9.69. The van der Waals surface area contributed by atoms with Gasteiger partial charge in [0.15, 0.2) is 0 Å². The molecule has 0 aliphatic carbocycles. The van der Waals surface area contributed by atoms with Crippen molar-refractivity contribution in [3.8, 4) is 0 Å². The average Bonchev–Trinajstić information content (AvgIpc) is 3.14. The third-order valence-electron chi connectivity index (χ3n) is 4.06. The van der Waals surface area contributed by atoms with Gasteiger partial charge in [0, 0.05) is 38.6 Å². The molecular weight excluding hydrogens is 398 g/mol. The highest BCUT2D eigenvalue weighted by molar-refractivity contribution is 7.89. The van der Waals surface area contributed by atoms with Gasteiger partial charge in [-0.3, -0.25) is 10.1 Å². The van der Waals surface area contributed by atoms with Gasteiger partial charge in [0.25, 0.3) is 5.91 Å². The average molecular weight is 414 g/mol. The summed E-state index contributed by atoms with van der Waals surface area (Å²) in [6.07, 6.45) is 1.89. The quantitative estimate of drug-likeness (QED) is 0.691. The topological polar surface area (TPSA) is 136 Å². The van der Waals surface area contributed by atoms with Crippen molar-refractivity contribution in [1.82, 2.24) is 19.2 Å². The molecule has 0 radical (unpaired) electrons. The van der Waals surface area contributed by atoms with Gasteiger partial charge >= 0.3 is 6.09 Å². The number of carboxylic acid groups (broad SMARTS) is 1. The molecule has 12 heteroatoms. The fourth-order valence-electron chi connectivity index (χ4n) is 2.62. The molecule has 3 N–H and O–H groups in total. The Hall–Kier alpha value is -2.63. The number of sulfonamides is 1. The van der Waals surface area contributed by atoms with E-state index in [-0.39, 0.29) is 47.6 Å². The number of imidazole rings is 1. The number of nitrogens with one attached hydrogen (secondary N) is 2. The third kappa shape index (κ3) is 4.04. The molecule has 0 bridgehead atoms. The zero-order valence-corrected chi connectivity index (χ0v) is 15.5. The Balaban J connectivity index is 1.82. The van der Waals surface area contributed by atoms with Crippen LogP contribution in [-0.2, 0) is 10.0 Å². The van der Waals surface area contributed by atoms with Gasteiger partial charge < -0.3 is 15.0 Å². The molecule has 1 aliphatic rings. The van der Waals surface area contributed by atoms with Gasteiger partial charge in [-0.1, -0.05) is 11.6 Å². The SMILES string of the molecule is O=C(Nc1ncc[nH]1)c1cc(S(=O)(=O)N2CCN(C(=O)O)CC2)ccc1Cl. The maximum atomic E-state index is 12.8. The number of aromatic nitrogens is 2. The highest BCUT2D eigenvalue weighted by atomic mass is 35.5. The molecular formula is C15H16ClN5O5S. The number of piperazine rings is 1. The number of halogens is 1. The van der Waals surface area contributed by atoms with Crippen LogP contribution >= 0.6 is 11.6 Å². The highest BCUT2D eigenvalue weighted by Gasteiger charge is 2.30. The lowest BCUT2D eigenvalue weighted by molar-refractivity contribution is 0.102. The Bertz CT molecular complexity index is 955. The zero-order chi connectivity index (χ0) is 19.6. The van der Waals surface area contributed by atoms with Crippen LogP contribution in [0.2, 0.25) is 5.02 Å². The van der Waals surface area contributed by atoms with E-state index in [2.05, 4.69) is 15.3 Å². The van der Waals surface area contributed by atoms with Gasteiger partial charge in [-0.15, -0.1) is 0 Å². The number of H-pyrrole nitrogens is 1. The van der Waals surface area contributed by atoms with E-state index in [0.29, 0.717) is 0 Å². The van der Waals surface area contributed by atoms with Crippen molar-refractivity contribution in [3.05, 3.63) is 41.2 Å². The van der Waals surface area contributed by atoms with Crippen molar-refractivity contribution >= 4 is 39.6 Å². The molecule has 0 spiro atoms. The summed E-state index contributed by atoms with van der Waals surface area (Å²) in [6, 6.07) is 3.84. The molecule has 1 aliphatic heterocycles. The Morgan fingerprint density at radius 3 is 2.52 bits per heavy atom. The Morgan fingerprint density at radius 1 is 1.22 bits per heavy atom. The predicted molar refractivity (Wildman–Crippen MR) is 96.3 cm³/mol. The standard InChI is InChI=1S/C15H16ClN5O5S/c16-12-2-1-10(9-11(12)13(22)19-14-17-3-4-18-14)27(25,26)21-7-5-20(6-8-21)15(23)24/h1-4,9H,5-8H2,(H,23,24)(H2,17,18,19,22). The molecule has 0 unspecified atom stereocenters. The lowest BCUT2D eigenvalue weighted by Gasteiger charge is -2.32. The van der Waals surface area contributed by atoms with E-state index in [1.54, 1.807) is 0 Å². The van der Waals surface area contributed by atoms with Crippen LogP contribution < -0.4 is 5.32 Å². The minimum Gasteiger partial charge on any atom is -0.465 e. The normalized spacial score (nSPS) is 15.5. The van der Waals surface area contributed by atoms with Crippen LogP contribution in [0.25, 0.3) is 0 Å². The molecule has 1 saturated heterocycles. The minimum absolute atomic E-state index is 0.0155. The molecule has 1 fully saturated rings. The van der Waals surface area contributed by atoms with Crippen LogP contribution in [0.4, 0.5) is 10.7 Å². The number of aromatic amines is 1. The maximum absolute atomic E-state index is 12.8. The molecule has 0 saturated carbocycles. The second-order valence-electron chi connectivity index (χ2n) is 5.71. The van der Waals surface area contributed by atoms with E-state index in [1.165, 1.54) is 34.9 Å². The molecule has 3 rings (SSSR count). The van der Waals surface area contributed by atoms with Gasteiger partial charge in [-0.05, 0) is 18.2 Å². The van der Waals surface area contributed by atoms with Crippen LogP contribution in [0.1, 0.15) is 10.4 Å². The van der Waals surface area contributed by atoms with E-state index in [0.717, 1.165) is 4.90 Å². The maximum Gasteiger partial charge on any atom is 0.407 e. The zero-order valence-electron chi connectivity index (χ0n) is 13.9. The first-order chi connectivity index (χ1) is 12.8. The van der Waals surface area contributed by atoms with Crippen LogP contribution in [0.5, 0.6) is 0 Å². The van der Waals surface area contributed by atoms with E-state index in [9.17, 15) is 18.0 Å². The van der Waals surface area contributed by atoms with Crippen molar-refractivity contribution in [2.75, 3.05) is 31.5 Å². The summed E-state index contributed by atoms with van der Waals surface area (Å²) < 4.78 is 26.9. The second-order valence-corrected chi connectivity index (χ2v) is 8.05.